The summed E-state index contributed by atoms with van der Waals surface area (Å²) < 4.78 is 5.40. The Bertz CT molecular complexity index is 416. The van der Waals surface area contributed by atoms with Gasteiger partial charge in [0.2, 0.25) is 0 Å². The quantitative estimate of drug-likeness (QED) is 0.853. The number of aliphatic carboxylic acids is 1. The molecule has 0 saturated carbocycles. The van der Waals surface area contributed by atoms with Crippen LogP contribution in [0.3, 0.4) is 0 Å². The minimum absolute atomic E-state index is 0.180. The molecule has 0 spiro atoms. The third-order valence-corrected chi connectivity index (χ3v) is 3.57. The van der Waals surface area contributed by atoms with Gasteiger partial charge in [-0.3, -0.25) is 4.79 Å². The van der Waals surface area contributed by atoms with Crippen LogP contribution >= 0.6 is 0 Å². The van der Waals surface area contributed by atoms with Crippen molar-refractivity contribution in [3.05, 3.63) is 29.8 Å². The van der Waals surface area contributed by atoms with E-state index in [9.17, 15) is 4.79 Å². The summed E-state index contributed by atoms with van der Waals surface area (Å²) in [6.45, 7) is 5.17. The molecule has 0 aliphatic carbocycles. The Morgan fingerprint density at radius 3 is 2.74 bits per heavy atom. The monoisotopic (exact) mass is 263 g/mol. The number of nitrogens with zero attached hydrogens (tertiary/aromatic N) is 1. The third-order valence-electron chi connectivity index (χ3n) is 3.57. The minimum atomic E-state index is -0.663. The standard InChI is InChI=1S/C15H21NO3/c1-2-19-14-5-3-12(4-6-14)7-9-16-10-8-13(11-16)15(17)18/h3-6,13H,2,7-11H2,1H3,(H,17,18). The van der Waals surface area contributed by atoms with Crippen molar-refractivity contribution in [3.8, 4) is 5.75 Å². The van der Waals surface area contributed by atoms with Crippen LogP contribution in [0.5, 0.6) is 5.75 Å². The van der Waals surface area contributed by atoms with E-state index < -0.39 is 5.97 Å². The van der Waals surface area contributed by atoms with Crippen molar-refractivity contribution in [2.45, 2.75) is 19.8 Å². The molecule has 1 aliphatic heterocycles. The van der Waals surface area contributed by atoms with E-state index in [4.69, 9.17) is 9.84 Å². The number of carboxylic acids is 1. The molecule has 1 aromatic rings. The van der Waals surface area contributed by atoms with Gasteiger partial charge in [-0.25, -0.2) is 0 Å². The number of rotatable bonds is 6. The van der Waals surface area contributed by atoms with Gasteiger partial charge in [-0.2, -0.15) is 0 Å². The minimum Gasteiger partial charge on any atom is -0.494 e. The van der Waals surface area contributed by atoms with E-state index in [1.165, 1.54) is 5.56 Å². The molecule has 1 fully saturated rings. The van der Waals surface area contributed by atoms with Crippen LogP contribution in [0.2, 0.25) is 0 Å². The van der Waals surface area contributed by atoms with Crippen LogP contribution in [0.1, 0.15) is 18.9 Å². The molecule has 1 saturated heterocycles. The molecule has 1 heterocycles. The molecule has 1 atom stereocenters. The van der Waals surface area contributed by atoms with Crippen LogP contribution in [0.4, 0.5) is 0 Å². The van der Waals surface area contributed by atoms with Crippen molar-refractivity contribution < 1.29 is 14.6 Å². The van der Waals surface area contributed by atoms with Crippen molar-refractivity contribution in [1.82, 2.24) is 4.90 Å². The molecular weight excluding hydrogens is 242 g/mol. The van der Waals surface area contributed by atoms with Crippen molar-refractivity contribution >= 4 is 5.97 Å². The van der Waals surface area contributed by atoms with Crippen LogP contribution < -0.4 is 4.74 Å². The van der Waals surface area contributed by atoms with E-state index in [0.29, 0.717) is 13.2 Å². The van der Waals surface area contributed by atoms with Crippen molar-refractivity contribution in [1.29, 1.82) is 0 Å². The molecule has 0 radical (unpaired) electrons. The van der Waals surface area contributed by atoms with E-state index in [1.807, 2.05) is 19.1 Å². The highest BCUT2D eigenvalue weighted by Gasteiger charge is 2.27. The summed E-state index contributed by atoms with van der Waals surface area (Å²) in [6.07, 6.45) is 1.73. The molecule has 1 unspecified atom stereocenters. The van der Waals surface area contributed by atoms with E-state index in [2.05, 4.69) is 17.0 Å². The lowest BCUT2D eigenvalue weighted by Gasteiger charge is -2.15. The van der Waals surface area contributed by atoms with Gasteiger partial charge in [0.1, 0.15) is 5.75 Å². The van der Waals surface area contributed by atoms with Crippen molar-refractivity contribution in [3.63, 3.8) is 0 Å². The molecule has 2 rings (SSSR count). The lowest BCUT2D eigenvalue weighted by molar-refractivity contribution is -0.141. The topological polar surface area (TPSA) is 49.8 Å². The maximum atomic E-state index is 10.9. The largest absolute Gasteiger partial charge is 0.494 e. The van der Waals surface area contributed by atoms with Gasteiger partial charge in [0, 0.05) is 13.1 Å². The Kier molecular flexibility index (Phi) is 4.80. The zero-order valence-electron chi connectivity index (χ0n) is 11.3. The third kappa shape index (κ3) is 3.96. The maximum absolute atomic E-state index is 10.9. The molecule has 1 aromatic carbocycles. The van der Waals surface area contributed by atoms with E-state index >= 15 is 0 Å². The number of benzene rings is 1. The van der Waals surface area contributed by atoms with Gasteiger partial charge in [0.25, 0.3) is 0 Å². The fourth-order valence-corrected chi connectivity index (χ4v) is 2.44. The zero-order chi connectivity index (χ0) is 13.7. The summed E-state index contributed by atoms with van der Waals surface area (Å²) in [5.74, 6) is 0.0576. The van der Waals surface area contributed by atoms with E-state index in [-0.39, 0.29) is 5.92 Å². The number of ether oxygens (including phenoxy) is 1. The van der Waals surface area contributed by atoms with Gasteiger partial charge >= 0.3 is 5.97 Å². The maximum Gasteiger partial charge on any atom is 0.307 e. The number of carboxylic acid groups (broad SMARTS) is 1. The van der Waals surface area contributed by atoms with E-state index in [0.717, 1.165) is 31.7 Å². The summed E-state index contributed by atoms with van der Waals surface area (Å²) in [5, 5.41) is 8.96. The Morgan fingerprint density at radius 2 is 2.16 bits per heavy atom. The molecule has 1 N–H and O–H groups in total. The van der Waals surface area contributed by atoms with Gasteiger partial charge in [0.05, 0.1) is 12.5 Å². The molecule has 1 aliphatic rings. The van der Waals surface area contributed by atoms with Crippen LogP contribution in [0.25, 0.3) is 0 Å². The number of likely N-dealkylation sites (tertiary alicyclic amines) is 1. The smallest absolute Gasteiger partial charge is 0.307 e. The Balaban J connectivity index is 1.78. The predicted molar refractivity (Wildman–Crippen MR) is 73.5 cm³/mol. The summed E-state index contributed by atoms with van der Waals surface area (Å²) in [6, 6.07) is 8.14. The van der Waals surface area contributed by atoms with Crippen LogP contribution in [-0.4, -0.2) is 42.2 Å². The van der Waals surface area contributed by atoms with Crippen LogP contribution in [-0.2, 0) is 11.2 Å². The highest BCUT2D eigenvalue weighted by molar-refractivity contribution is 5.70. The predicted octanol–water partition coefficient (Wildman–Crippen LogP) is 2.03. The van der Waals surface area contributed by atoms with Crippen molar-refractivity contribution in [2.75, 3.05) is 26.2 Å². The summed E-state index contributed by atoms with van der Waals surface area (Å²) >= 11 is 0. The first-order valence-electron chi connectivity index (χ1n) is 6.86. The van der Waals surface area contributed by atoms with Crippen LogP contribution in [0.15, 0.2) is 24.3 Å². The summed E-state index contributed by atoms with van der Waals surface area (Å²) in [7, 11) is 0. The lowest BCUT2D eigenvalue weighted by Crippen LogP contribution is -2.25. The average Bonchev–Trinajstić information content (AvgIpc) is 2.87. The molecule has 0 amide bonds. The van der Waals surface area contributed by atoms with E-state index in [1.54, 1.807) is 0 Å². The zero-order valence-corrected chi connectivity index (χ0v) is 11.3. The fraction of sp³-hybridized carbons (Fsp3) is 0.533. The summed E-state index contributed by atoms with van der Waals surface area (Å²) in [4.78, 5) is 13.1. The number of carbonyl (C=O) groups is 1. The molecular formula is C15H21NO3. The average molecular weight is 263 g/mol. The Morgan fingerprint density at radius 1 is 1.42 bits per heavy atom. The van der Waals surface area contributed by atoms with Crippen molar-refractivity contribution in [2.24, 2.45) is 5.92 Å². The molecule has 104 valence electrons. The second kappa shape index (κ2) is 6.57. The first-order valence-corrected chi connectivity index (χ1v) is 6.86. The SMILES string of the molecule is CCOc1ccc(CCN2CCC(C(=O)O)C2)cc1. The molecule has 19 heavy (non-hydrogen) atoms. The van der Waals surface area contributed by atoms with Gasteiger partial charge in [0.15, 0.2) is 0 Å². The van der Waals surface area contributed by atoms with Gasteiger partial charge in [-0.05, 0) is 44.0 Å². The Hall–Kier alpha value is -1.55. The highest BCUT2D eigenvalue weighted by atomic mass is 16.5. The number of hydrogen-bond acceptors (Lipinski definition) is 3. The molecule has 4 heteroatoms. The first-order chi connectivity index (χ1) is 9.19. The van der Waals surface area contributed by atoms with Gasteiger partial charge < -0.3 is 14.7 Å². The molecule has 4 nitrogen and oxygen atoms in total. The second-order valence-electron chi connectivity index (χ2n) is 4.95. The molecule has 0 bridgehead atoms. The fourth-order valence-electron chi connectivity index (χ4n) is 2.44. The van der Waals surface area contributed by atoms with Gasteiger partial charge in [-0.1, -0.05) is 12.1 Å². The normalized spacial score (nSPS) is 19.5. The lowest BCUT2D eigenvalue weighted by atomic mass is 10.1. The molecule has 0 aromatic heterocycles. The van der Waals surface area contributed by atoms with Gasteiger partial charge in [-0.15, -0.1) is 0 Å². The second-order valence-corrected chi connectivity index (χ2v) is 4.95. The summed E-state index contributed by atoms with van der Waals surface area (Å²) in [5.41, 5.74) is 1.27. The Labute approximate surface area is 114 Å². The number of hydrogen-bond donors (Lipinski definition) is 1. The highest BCUT2D eigenvalue weighted by Crippen LogP contribution is 2.17. The first kappa shape index (κ1) is 13.9. The van der Waals surface area contributed by atoms with Crippen LogP contribution in [0, 0.1) is 5.92 Å².